The Morgan fingerprint density at radius 3 is 2.60 bits per heavy atom. The van der Waals surface area contributed by atoms with E-state index in [9.17, 15) is 4.79 Å². The number of H-pyrrole nitrogens is 1. The number of anilines is 1. The number of hydrogen-bond acceptors (Lipinski definition) is 1. The van der Waals surface area contributed by atoms with Gasteiger partial charge in [-0.05, 0) is 30.3 Å². The molecule has 0 aliphatic heterocycles. The quantitative estimate of drug-likeness (QED) is 0.706. The van der Waals surface area contributed by atoms with Gasteiger partial charge in [0.05, 0.1) is 10.5 Å². The predicted octanol–water partition coefficient (Wildman–Crippen LogP) is 4.73. The molecule has 3 nitrogen and oxygen atoms in total. The van der Waals surface area contributed by atoms with Crippen molar-refractivity contribution in [2.24, 2.45) is 0 Å². The first kappa shape index (κ1) is 13.0. The first-order chi connectivity index (χ1) is 9.63. The normalized spacial score (nSPS) is 10.7. The summed E-state index contributed by atoms with van der Waals surface area (Å²) in [5, 5.41) is 4.84. The number of aromatic amines is 1. The van der Waals surface area contributed by atoms with Gasteiger partial charge in [-0.15, -0.1) is 0 Å². The third-order valence-electron chi connectivity index (χ3n) is 2.93. The minimum atomic E-state index is -0.237. The van der Waals surface area contributed by atoms with Gasteiger partial charge in [-0.1, -0.05) is 41.4 Å². The summed E-state index contributed by atoms with van der Waals surface area (Å²) in [4.78, 5) is 15.2. The van der Waals surface area contributed by atoms with Gasteiger partial charge in [0.1, 0.15) is 5.69 Å². The molecule has 100 valence electrons. The van der Waals surface area contributed by atoms with E-state index < -0.39 is 0 Å². The molecule has 2 N–H and O–H groups in total. The van der Waals surface area contributed by atoms with Crippen molar-refractivity contribution in [1.82, 2.24) is 4.98 Å². The summed E-state index contributed by atoms with van der Waals surface area (Å²) in [5.74, 6) is -0.237. The molecule has 2 aromatic carbocycles. The lowest BCUT2D eigenvalue weighted by atomic mass is 10.2. The lowest BCUT2D eigenvalue weighted by Gasteiger charge is -2.03. The number of carbonyl (C=O) groups excluding carboxylic acids is 1. The fourth-order valence-corrected chi connectivity index (χ4v) is 2.43. The highest BCUT2D eigenvalue weighted by molar-refractivity contribution is 6.35. The molecule has 0 bridgehead atoms. The number of fused-ring (bicyclic) bond motifs is 1. The van der Waals surface area contributed by atoms with E-state index in [1.165, 1.54) is 0 Å². The number of nitrogens with one attached hydrogen (secondary N) is 2. The van der Waals surface area contributed by atoms with E-state index in [1.54, 1.807) is 36.4 Å². The fourth-order valence-electron chi connectivity index (χ4n) is 2.01. The summed E-state index contributed by atoms with van der Waals surface area (Å²) < 4.78 is 0. The Hall–Kier alpha value is -1.97. The monoisotopic (exact) mass is 304 g/mol. The second-order valence-electron chi connectivity index (χ2n) is 4.35. The number of rotatable bonds is 2. The van der Waals surface area contributed by atoms with Gasteiger partial charge in [-0.25, -0.2) is 0 Å². The molecule has 20 heavy (non-hydrogen) atoms. The first-order valence-electron chi connectivity index (χ1n) is 5.97. The maximum Gasteiger partial charge on any atom is 0.272 e. The number of halogens is 2. The van der Waals surface area contributed by atoms with Crippen molar-refractivity contribution in [2.45, 2.75) is 0 Å². The average Bonchev–Trinajstić information content (AvgIpc) is 2.84. The zero-order valence-corrected chi connectivity index (χ0v) is 11.8. The SMILES string of the molecule is O=C(Nc1cccc(Cl)c1)c1cc2cccc(Cl)c2[nH]1. The molecule has 3 aromatic rings. The predicted molar refractivity (Wildman–Crippen MR) is 82.7 cm³/mol. The smallest absolute Gasteiger partial charge is 0.272 e. The van der Waals surface area contributed by atoms with Crippen molar-refractivity contribution in [2.75, 3.05) is 5.32 Å². The number of aromatic nitrogens is 1. The van der Waals surface area contributed by atoms with Crippen LogP contribution in [0.4, 0.5) is 5.69 Å². The Kier molecular flexibility index (Phi) is 3.38. The molecule has 1 amide bonds. The summed E-state index contributed by atoms with van der Waals surface area (Å²) in [6.45, 7) is 0. The van der Waals surface area contributed by atoms with E-state index >= 15 is 0 Å². The standard InChI is InChI=1S/C15H10Cl2N2O/c16-10-4-2-5-11(8-10)18-15(20)13-7-9-3-1-6-12(17)14(9)19-13/h1-8,19H,(H,18,20). The molecule has 0 unspecified atom stereocenters. The van der Waals surface area contributed by atoms with Crippen molar-refractivity contribution >= 4 is 45.7 Å². The lowest BCUT2D eigenvalue weighted by molar-refractivity contribution is 0.102. The third kappa shape index (κ3) is 2.50. The van der Waals surface area contributed by atoms with Crippen LogP contribution in [0.2, 0.25) is 10.0 Å². The zero-order chi connectivity index (χ0) is 14.1. The van der Waals surface area contributed by atoms with E-state index in [0.29, 0.717) is 21.4 Å². The van der Waals surface area contributed by atoms with Crippen LogP contribution in [0.5, 0.6) is 0 Å². The van der Waals surface area contributed by atoms with Gasteiger partial charge in [0, 0.05) is 16.1 Å². The summed E-state index contributed by atoms with van der Waals surface area (Å²) in [5.41, 5.74) is 1.85. The molecule has 0 aliphatic carbocycles. The minimum Gasteiger partial charge on any atom is -0.349 e. The Labute approximate surface area is 125 Å². The highest BCUT2D eigenvalue weighted by atomic mass is 35.5. The highest BCUT2D eigenvalue weighted by Gasteiger charge is 2.11. The number of carbonyl (C=O) groups is 1. The van der Waals surface area contributed by atoms with Crippen LogP contribution in [0, 0.1) is 0 Å². The van der Waals surface area contributed by atoms with E-state index in [0.717, 1.165) is 10.9 Å². The average molecular weight is 305 g/mol. The largest absolute Gasteiger partial charge is 0.349 e. The van der Waals surface area contributed by atoms with Crippen LogP contribution in [-0.4, -0.2) is 10.9 Å². The molecule has 1 aromatic heterocycles. The maximum absolute atomic E-state index is 12.2. The highest BCUT2D eigenvalue weighted by Crippen LogP contribution is 2.24. The van der Waals surface area contributed by atoms with Crippen molar-refractivity contribution < 1.29 is 4.79 Å². The van der Waals surface area contributed by atoms with Crippen LogP contribution < -0.4 is 5.32 Å². The molecule has 0 saturated heterocycles. The van der Waals surface area contributed by atoms with Crippen LogP contribution in [0.15, 0.2) is 48.5 Å². The van der Waals surface area contributed by atoms with E-state index in [1.807, 2.05) is 12.1 Å². The summed E-state index contributed by atoms with van der Waals surface area (Å²) in [6, 6.07) is 14.3. The summed E-state index contributed by atoms with van der Waals surface area (Å²) in [7, 11) is 0. The van der Waals surface area contributed by atoms with Crippen molar-refractivity contribution in [1.29, 1.82) is 0 Å². The topological polar surface area (TPSA) is 44.9 Å². The Bertz CT molecular complexity index is 795. The Morgan fingerprint density at radius 2 is 1.85 bits per heavy atom. The summed E-state index contributed by atoms with van der Waals surface area (Å²) in [6.07, 6.45) is 0. The van der Waals surface area contributed by atoms with Crippen LogP contribution in [0.3, 0.4) is 0 Å². The molecule has 0 atom stereocenters. The molecular formula is C15H10Cl2N2O. The van der Waals surface area contributed by atoms with Gasteiger partial charge in [-0.2, -0.15) is 0 Å². The molecule has 0 saturated carbocycles. The maximum atomic E-state index is 12.2. The van der Waals surface area contributed by atoms with Gasteiger partial charge in [-0.3, -0.25) is 4.79 Å². The van der Waals surface area contributed by atoms with Gasteiger partial charge in [0.25, 0.3) is 5.91 Å². The van der Waals surface area contributed by atoms with Crippen molar-refractivity contribution in [3.8, 4) is 0 Å². The van der Waals surface area contributed by atoms with Crippen LogP contribution in [0.25, 0.3) is 10.9 Å². The fraction of sp³-hybridized carbons (Fsp3) is 0. The number of amides is 1. The molecule has 0 spiro atoms. The van der Waals surface area contributed by atoms with Crippen LogP contribution in [-0.2, 0) is 0 Å². The number of hydrogen-bond donors (Lipinski definition) is 2. The zero-order valence-electron chi connectivity index (χ0n) is 10.3. The molecule has 0 radical (unpaired) electrons. The number of para-hydroxylation sites is 1. The molecule has 0 aliphatic rings. The van der Waals surface area contributed by atoms with Crippen LogP contribution >= 0.6 is 23.2 Å². The van der Waals surface area contributed by atoms with Gasteiger partial charge in [0.2, 0.25) is 0 Å². The molecule has 3 rings (SSSR count). The van der Waals surface area contributed by atoms with E-state index in [4.69, 9.17) is 23.2 Å². The van der Waals surface area contributed by atoms with Crippen molar-refractivity contribution in [3.63, 3.8) is 0 Å². The lowest BCUT2D eigenvalue weighted by Crippen LogP contribution is -2.12. The molecule has 0 fully saturated rings. The molecule has 5 heteroatoms. The van der Waals surface area contributed by atoms with E-state index in [-0.39, 0.29) is 5.91 Å². The number of benzene rings is 2. The van der Waals surface area contributed by atoms with Crippen LogP contribution in [0.1, 0.15) is 10.5 Å². The molecule has 1 heterocycles. The van der Waals surface area contributed by atoms with Crippen molar-refractivity contribution in [3.05, 3.63) is 64.3 Å². The first-order valence-corrected chi connectivity index (χ1v) is 6.73. The van der Waals surface area contributed by atoms with Gasteiger partial charge >= 0.3 is 0 Å². The minimum absolute atomic E-state index is 0.237. The van der Waals surface area contributed by atoms with Gasteiger partial charge in [0.15, 0.2) is 0 Å². The second-order valence-corrected chi connectivity index (χ2v) is 5.20. The Balaban J connectivity index is 1.91. The second kappa shape index (κ2) is 5.19. The Morgan fingerprint density at radius 1 is 1.05 bits per heavy atom. The summed E-state index contributed by atoms with van der Waals surface area (Å²) >= 11 is 12.0. The molecular weight excluding hydrogens is 295 g/mol. The third-order valence-corrected chi connectivity index (χ3v) is 3.48. The van der Waals surface area contributed by atoms with Gasteiger partial charge < -0.3 is 10.3 Å². The van der Waals surface area contributed by atoms with E-state index in [2.05, 4.69) is 10.3 Å².